The molecule has 0 aliphatic heterocycles. The predicted octanol–water partition coefficient (Wildman–Crippen LogP) is -1.05. The van der Waals surface area contributed by atoms with Gasteiger partial charge in [-0.15, -0.1) is 0 Å². The molecule has 5 heteroatoms. The van der Waals surface area contributed by atoms with Crippen LogP contribution in [0.2, 0.25) is 0 Å². The Hall–Kier alpha value is -0.0600. The van der Waals surface area contributed by atoms with Crippen molar-refractivity contribution in [2.45, 2.75) is 39.5 Å². The molecular formula is C9H17NaO4. The van der Waals surface area contributed by atoms with Crippen molar-refractivity contribution in [2.75, 3.05) is 0 Å². The topological polar surface area (TPSA) is 74.6 Å². The summed E-state index contributed by atoms with van der Waals surface area (Å²) in [6.45, 7) is 4.32. The number of hydrogen-bond acceptors (Lipinski definition) is 2. The van der Waals surface area contributed by atoms with Crippen LogP contribution in [0.25, 0.3) is 0 Å². The SMILES string of the molecule is C[CH-]CCCC.O=C(O)CC(=O)O.[Na+]. The third-order valence-corrected chi connectivity index (χ3v) is 1.15. The molecule has 0 unspecified atom stereocenters. The van der Waals surface area contributed by atoms with Crippen molar-refractivity contribution in [3.63, 3.8) is 0 Å². The van der Waals surface area contributed by atoms with E-state index in [1.54, 1.807) is 0 Å². The molecule has 0 bridgehead atoms. The smallest absolute Gasteiger partial charge is 0.481 e. The molecule has 0 amide bonds. The van der Waals surface area contributed by atoms with Crippen molar-refractivity contribution in [3.05, 3.63) is 6.42 Å². The number of unbranched alkanes of at least 4 members (excludes halogenated alkanes) is 3. The predicted molar refractivity (Wildman–Crippen MR) is 49.4 cm³/mol. The van der Waals surface area contributed by atoms with Crippen molar-refractivity contribution in [2.24, 2.45) is 0 Å². The van der Waals surface area contributed by atoms with Gasteiger partial charge in [-0.3, -0.25) is 9.59 Å². The first-order chi connectivity index (χ1) is 6.04. The first-order valence-corrected chi connectivity index (χ1v) is 4.26. The monoisotopic (exact) mass is 212 g/mol. The van der Waals surface area contributed by atoms with Crippen molar-refractivity contribution < 1.29 is 49.4 Å². The summed E-state index contributed by atoms with van der Waals surface area (Å²) in [5.74, 6) is -2.62. The molecule has 0 heterocycles. The van der Waals surface area contributed by atoms with Crippen LogP contribution >= 0.6 is 0 Å². The Morgan fingerprint density at radius 3 is 1.71 bits per heavy atom. The van der Waals surface area contributed by atoms with Gasteiger partial charge in [0, 0.05) is 0 Å². The molecule has 0 atom stereocenters. The molecular weight excluding hydrogens is 195 g/mol. The van der Waals surface area contributed by atoms with E-state index in [2.05, 4.69) is 20.3 Å². The number of rotatable bonds is 5. The normalized spacial score (nSPS) is 7.86. The van der Waals surface area contributed by atoms with E-state index in [1.165, 1.54) is 19.3 Å². The van der Waals surface area contributed by atoms with Gasteiger partial charge in [-0.1, -0.05) is 19.8 Å². The third-order valence-electron chi connectivity index (χ3n) is 1.15. The van der Waals surface area contributed by atoms with Gasteiger partial charge in [0.05, 0.1) is 0 Å². The maximum Gasteiger partial charge on any atom is 1.00 e. The van der Waals surface area contributed by atoms with Crippen LogP contribution in [0.15, 0.2) is 0 Å². The molecule has 2 N–H and O–H groups in total. The van der Waals surface area contributed by atoms with E-state index in [4.69, 9.17) is 10.2 Å². The molecule has 0 aromatic carbocycles. The summed E-state index contributed by atoms with van der Waals surface area (Å²) in [7, 11) is 0. The molecule has 4 nitrogen and oxygen atoms in total. The van der Waals surface area contributed by atoms with Gasteiger partial charge in [-0.05, 0) is 0 Å². The van der Waals surface area contributed by atoms with Gasteiger partial charge in [0.2, 0.25) is 0 Å². The molecule has 78 valence electrons. The van der Waals surface area contributed by atoms with Gasteiger partial charge in [0.1, 0.15) is 6.42 Å². The van der Waals surface area contributed by atoms with Crippen molar-refractivity contribution >= 4 is 11.9 Å². The van der Waals surface area contributed by atoms with Gasteiger partial charge in [-0.2, -0.15) is 13.3 Å². The van der Waals surface area contributed by atoms with Crippen LogP contribution in [0, 0.1) is 6.42 Å². The zero-order chi connectivity index (χ0) is 10.7. The molecule has 0 radical (unpaired) electrons. The van der Waals surface area contributed by atoms with E-state index >= 15 is 0 Å². The molecule has 0 aromatic heterocycles. The van der Waals surface area contributed by atoms with Gasteiger partial charge in [0.15, 0.2) is 0 Å². The number of carbonyl (C=O) groups is 2. The second-order valence-electron chi connectivity index (χ2n) is 2.51. The second-order valence-corrected chi connectivity index (χ2v) is 2.51. The van der Waals surface area contributed by atoms with E-state index in [-0.39, 0.29) is 29.6 Å². The maximum atomic E-state index is 9.43. The summed E-state index contributed by atoms with van der Waals surface area (Å²) in [6, 6.07) is 0. The summed E-state index contributed by atoms with van der Waals surface area (Å²) >= 11 is 0. The summed E-state index contributed by atoms with van der Waals surface area (Å²) in [5, 5.41) is 15.4. The molecule has 0 fully saturated rings. The van der Waals surface area contributed by atoms with Crippen molar-refractivity contribution in [3.8, 4) is 0 Å². The second kappa shape index (κ2) is 15.4. The molecule has 0 aromatic rings. The summed E-state index contributed by atoms with van der Waals surface area (Å²) in [6.07, 6.45) is 5.38. The Morgan fingerprint density at radius 2 is 1.64 bits per heavy atom. The first-order valence-electron chi connectivity index (χ1n) is 4.26. The molecule has 0 aliphatic carbocycles. The number of hydrogen-bond donors (Lipinski definition) is 2. The average molecular weight is 212 g/mol. The van der Waals surface area contributed by atoms with Crippen LogP contribution in [-0.4, -0.2) is 22.2 Å². The van der Waals surface area contributed by atoms with Crippen LogP contribution in [0.4, 0.5) is 0 Å². The Kier molecular flexibility index (Phi) is 21.5. The minimum Gasteiger partial charge on any atom is -0.481 e. The number of carboxylic acid groups (broad SMARTS) is 2. The Bertz CT molecular complexity index is 132. The fraction of sp³-hybridized carbons (Fsp3) is 0.667. The van der Waals surface area contributed by atoms with Gasteiger partial charge in [-0.25, -0.2) is 0 Å². The summed E-state index contributed by atoms with van der Waals surface area (Å²) in [5.41, 5.74) is 0. The van der Waals surface area contributed by atoms with Gasteiger partial charge in [0.25, 0.3) is 0 Å². The molecule has 0 saturated carbocycles. The zero-order valence-electron chi connectivity index (χ0n) is 9.12. The van der Waals surface area contributed by atoms with E-state index in [9.17, 15) is 9.59 Å². The average Bonchev–Trinajstić information content (AvgIpc) is 1.99. The van der Waals surface area contributed by atoms with Crippen LogP contribution in [0.1, 0.15) is 39.5 Å². The standard InChI is InChI=1S/C6H13.C3H4O4.Na/c1-3-5-6-4-2;4-2(5)1-3(6)7;/h3H,4-6H2,1-2H3;1H2,(H,4,5)(H,6,7);/q-1;;+1. The van der Waals surface area contributed by atoms with Crippen molar-refractivity contribution in [1.82, 2.24) is 0 Å². The van der Waals surface area contributed by atoms with Gasteiger partial charge < -0.3 is 16.6 Å². The Balaban J connectivity index is -0.000000163. The Labute approximate surface area is 107 Å². The molecule has 0 spiro atoms. The number of aliphatic carboxylic acids is 2. The largest absolute Gasteiger partial charge is 1.00 e. The molecule has 0 rings (SSSR count). The minimum absolute atomic E-state index is 0. The fourth-order valence-electron chi connectivity index (χ4n) is 0.538. The quantitative estimate of drug-likeness (QED) is 0.264. The fourth-order valence-corrected chi connectivity index (χ4v) is 0.538. The van der Waals surface area contributed by atoms with E-state index in [0.717, 1.165) is 0 Å². The first kappa shape index (κ1) is 19.5. The van der Waals surface area contributed by atoms with Crippen LogP contribution in [-0.2, 0) is 9.59 Å². The zero-order valence-corrected chi connectivity index (χ0v) is 11.1. The molecule has 14 heavy (non-hydrogen) atoms. The van der Waals surface area contributed by atoms with E-state index < -0.39 is 18.4 Å². The van der Waals surface area contributed by atoms with E-state index in [0.29, 0.717) is 0 Å². The summed E-state index contributed by atoms with van der Waals surface area (Å²) < 4.78 is 0. The summed E-state index contributed by atoms with van der Waals surface area (Å²) in [4.78, 5) is 18.9. The third kappa shape index (κ3) is 29.7. The van der Waals surface area contributed by atoms with Gasteiger partial charge >= 0.3 is 41.5 Å². The molecule has 0 aliphatic rings. The molecule has 0 saturated heterocycles. The Morgan fingerprint density at radius 1 is 1.21 bits per heavy atom. The number of carboxylic acids is 2. The van der Waals surface area contributed by atoms with Crippen LogP contribution in [0.5, 0.6) is 0 Å². The van der Waals surface area contributed by atoms with E-state index in [1.807, 2.05) is 0 Å². The van der Waals surface area contributed by atoms with Crippen molar-refractivity contribution in [1.29, 1.82) is 0 Å². The van der Waals surface area contributed by atoms with Crippen LogP contribution in [0.3, 0.4) is 0 Å². The maximum absolute atomic E-state index is 9.43. The van der Waals surface area contributed by atoms with Crippen LogP contribution < -0.4 is 29.6 Å². The minimum atomic E-state index is -1.31.